The number of nitrogens with one attached hydrogen (secondary N) is 1. The highest BCUT2D eigenvalue weighted by Gasteiger charge is 2.13. The van der Waals surface area contributed by atoms with Crippen molar-refractivity contribution in [2.45, 2.75) is 13.8 Å². The minimum Gasteiger partial charge on any atom is -0.389 e. The fraction of sp³-hybridized carbons (Fsp3) is 0.133. The minimum absolute atomic E-state index is 0.0410. The molecule has 0 aliphatic heterocycles. The van der Waals surface area contributed by atoms with Gasteiger partial charge in [-0.15, -0.1) is 0 Å². The van der Waals surface area contributed by atoms with Crippen LogP contribution in [0.15, 0.2) is 30.3 Å². The van der Waals surface area contributed by atoms with E-state index in [9.17, 15) is 8.78 Å². The van der Waals surface area contributed by atoms with Crippen molar-refractivity contribution in [3.8, 4) is 0 Å². The molecule has 2 rings (SSSR count). The van der Waals surface area contributed by atoms with E-state index in [1.54, 1.807) is 0 Å². The predicted molar refractivity (Wildman–Crippen MR) is 81.4 cm³/mol. The predicted octanol–water partition coefficient (Wildman–Crippen LogP) is 3.96. The first-order valence-corrected chi connectivity index (χ1v) is 6.42. The Morgan fingerprint density at radius 3 is 1.95 bits per heavy atom. The van der Waals surface area contributed by atoms with Crippen molar-refractivity contribution >= 4 is 28.6 Å². The second kappa shape index (κ2) is 5.54. The second-order valence-electron chi connectivity index (χ2n) is 4.68. The van der Waals surface area contributed by atoms with Gasteiger partial charge in [0.1, 0.15) is 22.3 Å². The summed E-state index contributed by atoms with van der Waals surface area (Å²) in [7, 11) is 0. The highest BCUT2D eigenvalue weighted by Crippen LogP contribution is 2.26. The lowest BCUT2D eigenvalue weighted by Gasteiger charge is -2.12. The lowest BCUT2D eigenvalue weighted by molar-refractivity contribution is 0.590. The van der Waals surface area contributed by atoms with Gasteiger partial charge in [-0.25, -0.2) is 8.78 Å². The molecule has 3 N–H and O–H groups in total. The zero-order valence-electron chi connectivity index (χ0n) is 11.1. The quantitative estimate of drug-likeness (QED) is 0.841. The first kappa shape index (κ1) is 14.4. The molecule has 0 radical (unpaired) electrons. The first-order chi connectivity index (χ1) is 9.36. The van der Waals surface area contributed by atoms with E-state index >= 15 is 0 Å². The number of aryl methyl sites for hydroxylation is 2. The van der Waals surface area contributed by atoms with Crippen LogP contribution in [0.4, 0.5) is 20.2 Å². The largest absolute Gasteiger partial charge is 0.389 e. The van der Waals surface area contributed by atoms with E-state index in [-0.39, 0.29) is 16.2 Å². The molecule has 0 heterocycles. The highest BCUT2D eigenvalue weighted by atomic mass is 32.1. The normalized spacial score (nSPS) is 10.4. The van der Waals surface area contributed by atoms with Crippen molar-refractivity contribution in [3.63, 3.8) is 0 Å². The monoisotopic (exact) mass is 292 g/mol. The van der Waals surface area contributed by atoms with Crippen molar-refractivity contribution in [2.75, 3.05) is 5.32 Å². The van der Waals surface area contributed by atoms with Crippen molar-refractivity contribution in [1.29, 1.82) is 0 Å². The van der Waals surface area contributed by atoms with Gasteiger partial charge in [-0.2, -0.15) is 0 Å². The molecule has 0 saturated heterocycles. The Hall–Kier alpha value is -2.01. The lowest BCUT2D eigenvalue weighted by Crippen LogP contribution is -2.11. The average Bonchev–Trinajstić information content (AvgIpc) is 2.32. The van der Waals surface area contributed by atoms with Gasteiger partial charge in [-0.05, 0) is 49.2 Å². The zero-order chi connectivity index (χ0) is 14.9. The van der Waals surface area contributed by atoms with Crippen LogP contribution in [0.5, 0.6) is 0 Å². The number of rotatable bonds is 3. The Labute approximate surface area is 121 Å². The summed E-state index contributed by atoms with van der Waals surface area (Å²) in [5, 5.41) is 2.75. The van der Waals surface area contributed by atoms with Crippen LogP contribution in [-0.4, -0.2) is 4.99 Å². The second-order valence-corrected chi connectivity index (χ2v) is 5.12. The van der Waals surface area contributed by atoms with Gasteiger partial charge in [0.05, 0.1) is 0 Å². The molecule has 2 aromatic carbocycles. The molecule has 0 spiro atoms. The summed E-state index contributed by atoms with van der Waals surface area (Å²) in [5.74, 6) is -1.46. The highest BCUT2D eigenvalue weighted by molar-refractivity contribution is 7.80. The van der Waals surface area contributed by atoms with Crippen LogP contribution in [-0.2, 0) is 0 Å². The number of hydrogen-bond acceptors (Lipinski definition) is 2. The molecule has 0 saturated carbocycles. The smallest absolute Gasteiger partial charge is 0.150 e. The molecule has 0 atom stereocenters. The van der Waals surface area contributed by atoms with E-state index in [4.69, 9.17) is 18.0 Å². The van der Waals surface area contributed by atoms with Crippen molar-refractivity contribution in [3.05, 3.63) is 58.7 Å². The molecule has 104 valence electrons. The number of anilines is 2. The van der Waals surface area contributed by atoms with Crippen LogP contribution < -0.4 is 11.1 Å². The minimum atomic E-state index is -0.730. The standard InChI is InChI=1S/C15H14F2N2S/c1-8-3-9(2)5-11(4-8)19-14-12(16)6-10(15(18)20)7-13(14)17/h3-7,19H,1-2H3,(H2,18,20). The van der Waals surface area contributed by atoms with Crippen molar-refractivity contribution in [2.24, 2.45) is 5.73 Å². The summed E-state index contributed by atoms with van der Waals surface area (Å²) >= 11 is 4.71. The molecular formula is C15H14F2N2S. The van der Waals surface area contributed by atoms with E-state index in [0.29, 0.717) is 5.69 Å². The summed E-state index contributed by atoms with van der Waals surface area (Å²) in [4.78, 5) is -0.0410. The summed E-state index contributed by atoms with van der Waals surface area (Å²) in [6.07, 6.45) is 0. The average molecular weight is 292 g/mol. The lowest BCUT2D eigenvalue weighted by atomic mass is 10.1. The van der Waals surface area contributed by atoms with Crippen LogP contribution in [0.3, 0.4) is 0 Å². The van der Waals surface area contributed by atoms with Gasteiger partial charge in [-0.1, -0.05) is 18.3 Å². The van der Waals surface area contributed by atoms with Crippen molar-refractivity contribution in [1.82, 2.24) is 0 Å². The summed E-state index contributed by atoms with van der Waals surface area (Å²) in [6.45, 7) is 3.84. The third kappa shape index (κ3) is 3.11. The zero-order valence-corrected chi connectivity index (χ0v) is 11.9. The first-order valence-electron chi connectivity index (χ1n) is 6.01. The van der Waals surface area contributed by atoms with Crippen molar-refractivity contribution < 1.29 is 8.78 Å². The maximum absolute atomic E-state index is 13.9. The maximum Gasteiger partial charge on any atom is 0.150 e. The van der Waals surface area contributed by atoms with Gasteiger partial charge in [0.25, 0.3) is 0 Å². The molecule has 0 bridgehead atoms. The molecule has 0 fully saturated rings. The number of thiocarbonyl (C=S) groups is 1. The SMILES string of the molecule is Cc1cc(C)cc(Nc2c(F)cc(C(N)=S)cc2F)c1. The Morgan fingerprint density at radius 2 is 1.50 bits per heavy atom. The van der Waals surface area contributed by atoms with E-state index in [2.05, 4.69) is 5.32 Å². The molecule has 0 aromatic heterocycles. The molecule has 0 aliphatic carbocycles. The third-order valence-electron chi connectivity index (χ3n) is 2.82. The molecular weight excluding hydrogens is 278 g/mol. The third-order valence-corrected chi connectivity index (χ3v) is 3.05. The van der Waals surface area contributed by atoms with E-state index in [1.165, 1.54) is 0 Å². The fourth-order valence-corrected chi connectivity index (χ4v) is 2.14. The van der Waals surface area contributed by atoms with Gasteiger partial charge in [-0.3, -0.25) is 0 Å². The molecule has 20 heavy (non-hydrogen) atoms. The molecule has 0 amide bonds. The molecule has 0 unspecified atom stereocenters. The summed E-state index contributed by atoms with van der Waals surface area (Å²) in [6, 6.07) is 7.85. The Morgan fingerprint density at radius 1 is 1.00 bits per heavy atom. The van der Waals surface area contributed by atoms with E-state index in [0.717, 1.165) is 23.3 Å². The van der Waals surface area contributed by atoms with Crippen LogP contribution in [0.25, 0.3) is 0 Å². The number of benzene rings is 2. The van der Waals surface area contributed by atoms with E-state index < -0.39 is 11.6 Å². The molecule has 0 aliphatic rings. The Bertz CT molecular complexity index is 640. The van der Waals surface area contributed by atoms with E-state index in [1.807, 2.05) is 32.0 Å². The summed E-state index contributed by atoms with van der Waals surface area (Å²) < 4.78 is 27.9. The van der Waals surface area contributed by atoms with Gasteiger partial charge in [0, 0.05) is 11.3 Å². The van der Waals surface area contributed by atoms with Crippen LogP contribution in [0, 0.1) is 25.5 Å². The van der Waals surface area contributed by atoms with Gasteiger partial charge in [0.2, 0.25) is 0 Å². The maximum atomic E-state index is 13.9. The van der Waals surface area contributed by atoms with Gasteiger partial charge in [0.15, 0.2) is 0 Å². The molecule has 2 aromatic rings. The topological polar surface area (TPSA) is 38.0 Å². The van der Waals surface area contributed by atoms with Gasteiger partial charge < -0.3 is 11.1 Å². The Balaban J connectivity index is 2.41. The number of hydrogen-bond donors (Lipinski definition) is 2. The summed E-state index contributed by atoms with van der Waals surface area (Å²) in [5.41, 5.74) is 7.97. The van der Waals surface area contributed by atoms with Crippen LogP contribution in [0.1, 0.15) is 16.7 Å². The fourth-order valence-electron chi connectivity index (χ4n) is 2.03. The van der Waals surface area contributed by atoms with Gasteiger partial charge >= 0.3 is 0 Å². The van der Waals surface area contributed by atoms with Crippen LogP contribution in [0.2, 0.25) is 0 Å². The number of halogens is 2. The Kier molecular flexibility index (Phi) is 3.99. The van der Waals surface area contributed by atoms with Crippen LogP contribution >= 0.6 is 12.2 Å². The molecule has 5 heteroatoms. The molecule has 2 nitrogen and oxygen atoms in total. The number of nitrogens with two attached hydrogens (primary N) is 1.